The van der Waals surface area contributed by atoms with Crippen LogP contribution in [0.4, 0.5) is 5.69 Å². The van der Waals surface area contributed by atoms with Crippen molar-refractivity contribution in [2.24, 2.45) is 0 Å². The van der Waals surface area contributed by atoms with E-state index in [-0.39, 0.29) is 30.7 Å². The third-order valence-corrected chi connectivity index (χ3v) is 4.53. The van der Waals surface area contributed by atoms with Gasteiger partial charge in [-0.25, -0.2) is 9.67 Å². The summed E-state index contributed by atoms with van der Waals surface area (Å²) in [6.45, 7) is 1.88. The van der Waals surface area contributed by atoms with E-state index in [9.17, 15) is 14.4 Å². The standard InChI is InChI=1S/C20H17N5O3/c1-13-6-7-14-15(10-13)20(28)24(19(14)27)9-8-18(26)23-16-4-2-3-5-17(16)25-12-21-11-22-25/h2-7,10-12H,8-9H2,1H3,(H,23,26). The summed E-state index contributed by atoms with van der Waals surface area (Å²) >= 11 is 0. The summed E-state index contributed by atoms with van der Waals surface area (Å²) in [4.78, 5) is 42.4. The minimum Gasteiger partial charge on any atom is -0.324 e. The molecule has 1 aromatic heterocycles. The maximum atomic E-state index is 12.5. The molecule has 0 bridgehead atoms. The first-order chi connectivity index (χ1) is 13.5. The molecule has 1 aliphatic rings. The van der Waals surface area contributed by atoms with Crippen molar-refractivity contribution in [3.05, 3.63) is 71.8 Å². The molecule has 3 amide bonds. The number of imide groups is 1. The Balaban J connectivity index is 1.44. The molecular weight excluding hydrogens is 358 g/mol. The fourth-order valence-corrected chi connectivity index (χ4v) is 3.15. The summed E-state index contributed by atoms with van der Waals surface area (Å²) in [5.74, 6) is -1.03. The van der Waals surface area contributed by atoms with E-state index < -0.39 is 0 Å². The van der Waals surface area contributed by atoms with E-state index in [0.717, 1.165) is 10.5 Å². The van der Waals surface area contributed by atoms with E-state index in [0.29, 0.717) is 22.5 Å². The zero-order valence-corrected chi connectivity index (χ0v) is 15.1. The summed E-state index contributed by atoms with van der Waals surface area (Å²) < 4.78 is 1.54. The van der Waals surface area contributed by atoms with Gasteiger partial charge in [0.1, 0.15) is 12.7 Å². The van der Waals surface area contributed by atoms with Gasteiger partial charge in [0, 0.05) is 13.0 Å². The zero-order valence-electron chi connectivity index (χ0n) is 15.1. The second kappa shape index (κ2) is 7.07. The maximum absolute atomic E-state index is 12.5. The zero-order chi connectivity index (χ0) is 19.7. The maximum Gasteiger partial charge on any atom is 0.261 e. The Morgan fingerprint density at radius 1 is 1.07 bits per heavy atom. The topological polar surface area (TPSA) is 97.2 Å². The molecule has 0 aliphatic carbocycles. The molecule has 8 nitrogen and oxygen atoms in total. The number of aromatic nitrogens is 3. The first kappa shape index (κ1) is 17.6. The average molecular weight is 375 g/mol. The van der Waals surface area contributed by atoms with Gasteiger partial charge >= 0.3 is 0 Å². The van der Waals surface area contributed by atoms with Gasteiger partial charge in [0.25, 0.3) is 11.8 Å². The highest BCUT2D eigenvalue weighted by atomic mass is 16.2. The monoisotopic (exact) mass is 375 g/mol. The molecule has 4 rings (SSSR count). The number of hydrogen-bond donors (Lipinski definition) is 1. The number of rotatable bonds is 5. The molecule has 3 aromatic rings. The molecule has 0 spiro atoms. The number of amides is 3. The molecule has 2 aromatic carbocycles. The highest BCUT2D eigenvalue weighted by Gasteiger charge is 2.35. The number of para-hydroxylation sites is 2. The molecule has 1 aliphatic heterocycles. The van der Waals surface area contributed by atoms with Crippen LogP contribution in [0.5, 0.6) is 0 Å². The van der Waals surface area contributed by atoms with Crippen molar-refractivity contribution in [2.45, 2.75) is 13.3 Å². The Bertz CT molecular complexity index is 1080. The smallest absolute Gasteiger partial charge is 0.261 e. The van der Waals surface area contributed by atoms with Gasteiger partial charge in [-0.15, -0.1) is 0 Å². The Labute approximate surface area is 160 Å². The Kier molecular flexibility index (Phi) is 4.44. The van der Waals surface area contributed by atoms with Crippen molar-refractivity contribution >= 4 is 23.4 Å². The van der Waals surface area contributed by atoms with E-state index in [1.165, 1.54) is 12.7 Å². The van der Waals surface area contributed by atoms with Gasteiger partial charge in [0.05, 0.1) is 22.5 Å². The minimum atomic E-state index is -0.365. The SMILES string of the molecule is Cc1ccc2c(c1)C(=O)N(CCC(=O)Nc1ccccc1-n1cncn1)C2=O. The first-order valence-corrected chi connectivity index (χ1v) is 8.75. The van der Waals surface area contributed by atoms with Crippen molar-refractivity contribution in [1.29, 1.82) is 0 Å². The van der Waals surface area contributed by atoms with Gasteiger partial charge in [-0.2, -0.15) is 5.10 Å². The third kappa shape index (κ3) is 3.16. The van der Waals surface area contributed by atoms with Crippen molar-refractivity contribution < 1.29 is 14.4 Å². The normalized spacial score (nSPS) is 13.0. The summed E-state index contributed by atoms with van der Waals surface area (Å²) in [5, 5.41) is 6.88. The lowest BCUT2D eigenvalue weighted by atomic mass is 10.1. The van der Waals surface area contributed by atoms with Crippen LogP contribution in [-0.2, 0) is 4.79 Å². The number of anilines is 1. The van der Waals surface area contributed by atoms with Gasteiger partial charge in [-0.3, -0.25) is 19.3 Å². The number of carbonyl (C=O) groups is 3. The Hall–Kier alpha value is -3.81. The third-order valence-electron chi connectivity index (χ3n) is 4.53. The number of hydrogen-bond acceptors (Lipinski definition) is 5. The minimum absolute atomic E-state index is 0.00383. The number of carbonyl (C=O) groups excluding carboxylic acids is 3. The van der Waals surface area contributed by atoms with Crippen LogP contribution in [0.2, 0.25) is 0 Å². The molecular formula is C20H17N5O3. The summed E-state index contributed by atoms with van der Waals surface area (Å²) in [6.07, 6.45) is 2.94. The van der Waals surface area contributed by atoms with Gasteiger partial charge in [-0.1, -0.05) is 23.8 Å². The Morgan fingerprint density at radius 2 is 1.86 bits per heavy atom. The molecule has 0 fully saturated rings. The lowest BCUT2D eigenvalue weighted by Crippen LogP contribution is -2.33. The van der Waals surface area contributed by atoms with Crippen LogP contribution >= 0.6 is 0 Å². The van der Waals surface area contributed by atoms with Gasteiger partial charge < -0.3 is 5.32 Å². The van der Waals surface area contributed by atoms with Crippen LogP contribution in [-0.4, -0.2) is 43.9 Å². The molecule has 0 saturated heterocycles. The molecule has 0 saturated carbocycles. The van der Waals surface area contributed by atoms with Crippen LogP contribution in [0.25, 0.3) is 5.69 Å². The van der Waals surface area contributed by atoms with E-state index in [1.54, 1.807) is 41.1 Å². The predicted molar refractivity (Wildman–Crippen MR) is 101 cm³/mol. The van der Waals surface area contributed by atoms with E-state index in [2.05, 4.69) is 15.4 Å². The summed E-state index contributed by atoms with van der Waals surface area (Å²) in [7, 11) is 0. The molecule has 0 unspecified atom stereocenters. The van der Waals surface area contributed by atoms with Gasteiger partial charge in [0.15, 0.2) is 0 Å². The van der Waals surface area contributed by atoms with Gasteiger partial charge in [0.2, 0.25) is 5.91 Å². The van der Waals surface area contributed by atoms with Crippen molar-refractivity contribution in [3.63, 3.8) is 0 Å². The van der Waals surface area contributed by atoms with Gasteiger partial charge in [-0.05, 0) is 31.2 Å². The fourth-order valence-electron chi connectivity index (χ4n) is 3.15. The quantitative estimate of drug-likeness (QED) is 0.690. The van der Waals surface area contributed by atoms with Crippen molar-refractivity contribution in [1.82, 2.24) is 19.7 Å². The number of aryl methyl sites for hydroxylation is 1. The highest BCUT2D eigenvalue weighted by molar-refractivity contribution is 6.21. The molecule has 140 valence electrons. The molecule has 8 heteroatoms. The molecule has 0 radical (unpaired) electrons. The molecule has 1 N–H and O–H groups in total. The average Bonchev–Trinajstić information content (AvgIpc) is 3.29. The number of nitrogens with zero attached hydrogens (tertiary/aromatic N) is 4. The molecule has 2 heterocycles. The van der Waals surface area contributed by atoms with Crippen LogP contribution in [0.15, 0.2) is 55.1 Å². The van der Waals surface area contributed by atoms with Crippen LogP contribution in [0.1, 0.15) is 32.7 Å². The lowest BCUT2D eigenvalue weighted by Gasteiger charge is -2.14. The van der Waals surface area contributed by atoms with E-state index in [4.69, 9.17) is 0 Å². The summed E-state index contributed by atoms with van der Waals surface area (Å²) in [6, 6.07) is 12.3. The van der Waals surface area contributed by atoms with Crippen LogP contribution < -0.4 is 5.32 Å². The summed E-state index contributed by atoms with van der Waals surface area (Å²) in [5.41, 5.74) is 2.92. The highest BCUT2D eigenvalue weighted by Crippen LogP contribution is 2.24. The largest absolute Gasteiger partial charge is 0.324 e. The number of nitrogens with one attached hydrogen (secondary N) is 1. The van der Waals surface area contributed by atoms with Crippen molar-refractivity contribution in [3.8, 4) is 5.69 Å². The molecule has 0 atom stereocenters. The van der Waals surface area contributed by atoms with E-state index in [1.807, 2.05) is 13.0 Å². The number of benzene rings is 2. The Morgan fingerprint density at radius 3 is 2.64 bits per heavy atom. The first-order valence-electron chi connectivity index (χ1n) is 8.75. The second-order valence-electron chi connectivity index (χ2n) is 6.47. The molecule has 28 heavy (non-hydrogen) atoms. The fraction of sp³-hybridized carbons (Fsp3) is 0.150. The van der Waals surface area contributed by atoms with E-state index >= 15 is 0 Å². The van der Waals surface area contributed by atoms with Crippen molar-refractivity contribution in [2.75, 3.05) is 11.9 Å². The second-order valence-corrected chi connectivity index (χ2v) is 6.47. The van der Waals surface area contributed by atoms with Crippen LogP contribution in [0, 0.1) is 6.92 Å². The van der Waals surface area contributed by atoms with Crippen LogP contribution in [0.3, 0.4) is 0 Å². The predicted octanol–water partition coefficient (Wildman–Crippen LogP) is 2.20. The lowest BCUT2D eigenvalue weighted by molar-refractivity contribution is -0.116. The number of fused-ring (bicyclic) bond motifs is 1.